The van der Waals surface area contributed by atoms with Gasteiger partial charge in [-0.05, 0) is 93.6 Å². The Morgan fingerprint density at radius 1 is 1.00 bits per heavy atom. The molecule has 2 fully saturated rings. The summed E-state index contributed by atoms with van der Waals surface area (Å²) >= 11 is 0. The highest BCUT2D eigenvalue weighted by Crippen LogP contribution is 2.35. The summed E-state index contributed by atoms with van der Waals surface area (Å²) in [4.78, 5) is 27.5. The predicted molar refractivity (Wildman–Crippen MR) is 126 cm³/mol. The van der Waals surface area contributed by atoms with Gasteiger partial charge in [0.2, 0.25) is 11.8 Å². The van der Waals surface area contributed by atoms with Crippen molar-refractivity contribution in [3.8, 4) is 11.5 Å². The summed E-state index contributed by atoms with van der Waals surface area (Å²) < 4.78 is 18.7. The summed E-state index contributed by atoms with van der Waals surface area (Å²) in [5.74, 6) is 1.12. The third-order valence-electron chi connectivity index (χ3n) is 6.65. The predicted octanol–water partition coefficient (Wildman–Crippen LogP) is 4.72. The molecule has 0 aromatic heterocycles. The number of fused-ring (bicyclic) bond motifs is 1. The Kier molecular flexibility index (Phi) is 7.60. The van der Waals surface area contributed by atoms with Crippen molar-refractivity contribution in [2.24, 2.45) is 5.92 Å². The topological polar surface area (TPSA) is 70.7 Å². The van der Waals surface area contributed by atoms with Gasteiger partial charge in [0.25, 0.3) is 0 Å². The third-order valence-corrected chi connectivity index (χ3v) is 6.65. The Bertz CT molecular complexity index is 946. The highest BCUT2D eigenvalue weighted by molar-refractivity contribution is 5.97. The van der Waals surface area contributed by atoms with Crippen molar-refractivity contribution in [2.45, 2.75) is 57.5 Å². The van der Waals surface area contributed by atoms with Gasteiger partial charge in [-0.1, -0.05) is 12.8 Å². The molecule has 0 bridgehead atoms. The Labute approximate surface area is 194 Å². The second-order valence-corrected chi connectivity index (χ2v) is 9.08. The van der Waals surface area contributed by atoms with Gasteiger partial charge in [-0.25, -0.2) is 4.39 Å². The first-order valence-corrected chi connectivity index (χ1v) is 11.9. The quantitative estimate of drug-likeness (QED) is 0.637. The Morgan fingerprint density at radius 2 is 1.64 bits per heavy atom. The number of likely N-dealkylation sites (tertiary alicyclic amines) is 1. The number of hydrogen-bond acceptors (Lipinski definition) is 4. The zero-order valence-corrected chi connectivity index (χ0v) is 19.1. The van der Waals surface area contributed by atoms with E-state index in [4.69, 9.17) is 4.74 Å². The van der Waals surface area contributed by atoms with Crippen LogP contribution in [0.4, 0.5) is 10.1 Å². The van der Waals surface area contributed by atoms with E-state index in [1.165, 1.54) is 44.2 Å². The van der Waals surface area contributed by atoms with Gasteiger partial charge in [0.05, 0.1) is 6.54 Å². The molecule has 1 heterocycles. The number of carbonyl (C=O) groups is 2. The maximum Gasteiger partial charge on any atom is 0.246 e. The van der Waals surface area contributed by atoms with Gasteiger partial charge >= 0.3 is 0 Å². The van der Waals surface area contributed by atoms with Crippen LogP contribution < -0.4 is 15.4 Å². The molecule has 2 aromatic rings. The molecular formula is C26H32FN3O3. The summed E-state index contributed by atoms with van der Waals surface area (Å²) in [6.45, 7) is 3.01. The Hall–Kier alpha value is -2.93. The highest BCUT2D eigenvalue weighted by Gasteiger charge is 2.34. The lowest BCUT2D eigenvalue weighted by molar-refractivity contribution is -0.128. The van der Waals surface area contributed by atoms with Crippen molar-refractivity contribution in [1.29, 1.82) is 0 Å². The molecular weight excluding hydrogens is 421 g/mol. The minimum atomic E-state index is -0.639. The van der Waals surface area contributed by atoms with Crippen molar-refractivity contribution in [1.82, 2.24) is 10.2 Å². The second-order valence-electron chi connectivity index (χ2n) is 9.08. The van der Waals surface area contributed by atoms with Crippen LogP contribution >= 0.6 is 0 Å². The standard InChI is InChI=1S/C26H32FN3O3/c1-18(28-25(31)17-30-16-4-6-19-5-2-3-7-24(19)30)26(32)29-21-10-14-23(15-11-21)33-22-12-8-20(27)9-13-22/h8-15,18-19,24H,2-7,16-17H2,1H3,(H,28,31)(H,29,32). The fraction of sp³-hybridized carbons (Fsp3) is 0.462. The molecule has 33 heavy (non-hydrogen) atoms. The lowest BCUT2D eigenvalue weighted by atomic mass is 9.78. The van der Waals surface area contributed by atoms with Crippen LogP contribution in [0.3, 0.4) is 0 Å². The zero-order valence-electron chi connectivity index (χ0n) is 19.1. The number of carbonyl (C=O) groups excluding carboxylic acids is 2. The fourth-order valence-corrected chi connectivity index (χ4v) is 4.96. The number of amides is 2. The summed E-state index contributed by atoms with van der Waals surface area (Å²) in [7, 11) is 0. The van der Waals surface area contributed by atoms with E-state index in [9.17, 15) is 14.0 Å². The van der Waals surface area contributed by atoms with Crippen LogP contribution in [0.5, 0.6) is 11.5 Å². The minimum Gasteiger partial charge on any atom is -0.457 e. The number of nitrogens with zero attached hydrogens (tertiary/aromatic N) is 1. The van der Waals surface area contributed by atoms with Gasteiger partial charge in [-0.15, -0.1) is 0 Å². The number of hydrogen-bond donors (Lipinski definition) is 2. The van der Waals surface area contributed by atoms with E-state index in [1.54, 1.807) is 43.3 Å². The van der Waals surface area contributed by atoms with E-state index >= 15 is 0 Å². The van der Waals surface area contributed by atoms with Crippen LogP contribution in [0.1, 0.15) is 45.4 Å². The van der Waals surface area contributed by atoms with Gasteiger partial charge < -0.3 is 15.4 Å². The zero-order chi connectivity index (χ0) is 23.2. The van der Waals surface area contributed by atoms with Crippen molar-refractivity contribution < 1.29 is 18.7 Å². The summed E-state index contributed by atoms with van der Waals surface area (Å²) in [6, 6.07) is 12.5. The van der Waals surface area contributed by atoms with Gasteiger partial charge in [-0.3, -0.25) is 14.5 Å². The van der Waals surface area contributed by atoms with E-state index in [2.05, 4.69) is 15.5 Å². The molecule has 3 atom stereocenters. The maximum absolute atomic E-state index is 13.0. The van der Waals surface area contributed by atoms with E-state index in [-0.39, 0.29) is 17.6 Å². The number of ether oxygens (including phenoxy) is 1. The molecule has 2 aliphatic rings. The van der Waals surface area contributed by atoms with Crippen LogP contribution in [-0.2, 0) is 9.59 Å². The monoisotopic (exact) mass is 453 g/mol. The number of anilines is 1. The van der Waals surface area contributed by atoms with Crippen LogP contribution in [0.25, 0.3) is 0 Å². The first-order valence-electron chi connectivity index (χ1n) is 11.9. The molecule has 176 valence electrons. The van der Waals surface area contributed by atoms with E-state index in [0.717, 1.165) is 18.9 Å². The Morgan fingerprint density at radius 3 is 2.36 bits per heavy atom. The molecule has 3 unspecified atom stereocenters. The average Bonchev–Trinajstić information content (AvgIpc) is 2.82. The number of rotatable bonds is 7. The molecule has 6 nitrogen and oxygen atoms in total. The minimum absolute atomic E-state index is 0.105. The highest BCUT2D eigenvalue weighted by atomic mass is 19.1. The van der Waals surface area contributed by atoms with Crippen molar-refractivity contribution in [2.75, 3.05) is 18.4 Å². The molecule has 7 heteroatoms. The fourth-order valence-electron chi connectivity index (χ4n) is 4.96. The number of benzene rings is 2. The molecule has 1 aliphatic heterocycles. The van der Waals surface area contributed by atoms with Crippen molar-refractivity contribution in [3.05, 3.63) is 54.3 Å². The van der Waals surface area contributed by atoms with E-state index in [0.29, 0.717) is 29.8 Å². The lowest BCUT2D eigenvalue weighted by Gasteiger charge is -2.43. The summed E-state index contributed by atoms with van der Waals surface area (Å²) in [6.07, 6.45) is 7.41. The molecule has 0 radical (unpaired) electrons. The van der Waals surface area contributed by atoms with Crippen LogP contribution in [0.15, 0.2) is 48.5 Å². The number of nitrogens with one attached hydrogen (secondary N) is 2. The molecule has 2 aromatic carbocycles. The van der Waals surface area contributed by atoms with Gasteiger partial charge in [0.15, 0.2) is 0 Å². The van der Waals surface area contributed by atoms with Crippen LogP contribution in [0, 0.1) is 11.7 Å². The smallest absolute Gasteiger partial charge is 0.246 e. The van der Waals surface area contributed by atoms with Crippen molar-refractivity contribution >= 4 is 17.5 Å². The summed E-state index contributed by atoms with van der Waals surface area (Å²) in [5.41, 5.74) is 0.605. The van der Waals surface area contributed by atoms with Gasteiger partial charge in [0.1, 0.15) is 23.4 Å². The second kappa shape index (κ2) is 10.8. The molecule has 1 saturated heterocycles. The first kappa shape index (κ1) is 23.2. The Balaban J connectivity index is 1.25. The third kappa shape index (κ3) is 6.32. The average molecular weight is 454 g/mol. The first-order chi connectivity index (χ1) is 16.0. The molecule has 1 saturated carbocycles. The van der Waals surface area contributed by atoms with E-state index in [1.807, 2.05) is 0 Å². The molecule has 4 rings (SSSR count). The maximum atomic E-state index is 13.0. The number of halogens is 1. The van der Waals surface area contributed by atoms with Crippen molar-refractivity contribution in [3.63, 3.8) is 0 Å². The SMILES string of the molecule is CC(NC(=O)CN1CCCC2CCCCC21)C(=O)Nc1ccc(Oc2ccc(F)cc2)cc1. The molecule has 2 amide bonds. The molecule has 0 spiro atoms. The van der Waals surface area contributed by atoms with Gasteiger partial charge in [-0.2, -0.15) is 0 Å². The van der Waals surface area contributed by atoms with Crippen LogP contribution in [0.2, 0.25) is 0 Å². The normalized spacial score (nSPS) is 21.5. The summed E-state index contributed by atoms with van der Waals surface area (Å²) in [5, 5.41) is 5.67. The number of piperidine rings is 1. The van der Waals surface area contributed by atoms with E-state index < -0.39 is 6.04 Å². The van der Waals surface area contributed by atoms with Gasteiger partial charge in [0, 0.05) is 11.7 Å². The largest absolute Gasteiger partial charge is 0.457 e. The molecule has 1 aliphatic carbocycles. The molecule has 2 N–H and O–H groups in total. The van der Waals surface area contributed by atoms with Crippen LogP contribution in [-0.4, -0.2) is 41.9 Å². The lowest BCUT2D eigenvalue weighted by Crippen LogP contribution is -2.52.